The van der Waals surface area contributed by atoms with Gasteiger partial charge in [0, 0.05) is 12.6 Å². The van der Waals surface area contributed by atoms with Gasteiger partial charge in [-0.2, -0.15) is 5.10 Å². The van der Waals surface area contributed by atoms with Crippen LogP contribution in [0, 0.1) is 0 Å². The van der Waals surface area contributed by atoms with E-state index in [1.54, 1.807) is 4.68 Å². The van der Waals surface area contributed by atoms with E-state index in [1.807, 2.05) is 7.05 Å². The molecular weight excluding hydrogens is 176 g/mol. The van der Waals surface area contributed by atoms with E-state index in [0.29, 0.717) is 0 Å². The van der Waals surface area contributed by atoms with Crippen LogP contribution < -0.4 is 11.1 Å². The Morgan fingerprint density at radius 2 is 2.00 bits per heavy atom. The molecule has 0 bridgehead atoms. The van der Waals surface area contributed by atoms with Gasteiger partial charge in [-0.05, 0) is 27.2 Å². The molecule has 0 radical (unpaired) electrons. The summed E-state index contributed by atoms with van der Waals surface area (Å²) >= 11 is 0. The van der Waals surface area contributed by atoms with Gasteiger partial charge in [0.2, 0.25) is 0 Å². The van der Waals surface area contributed by atoms with Crippen molar-refractivity contribution < 1.29 is 0 Å². The van der Waals surface area contributed by atoms with Crippen LogP contribution in [0.15, 0.2) is 0 Å². The van der Waals surface area contributed by atoms with E-state index in [1.165, 1.54) is 0 Å². The average Bonchev–Trinajstić information content (AvgIpc) is 2.29. The van der Waals surface area contributed by atoms with Crippen LogP contribution in [-0.2, 0) is 13.5 Å². The predicted octanol–water partition coefficient (Wildman–Crippen LogP) is 1.78. The van der Waals surface area contributed by atoms with Crippen molar-refractivity contribution in [2.45, 2.75) is 39.7 Å². The van der Waals surface area contributed by atoms with Crippen molar-refractivity contribution in [1.82, 2.24) is 9.78 Å². The van der Waals surface area contributed by atoms with Crippen LogP contribution in [0.5, 0.6) is 0 Å². The molecule has 4 heteroatoms. The Hall–Kier alpha value is -1.19. The number of anilines is 2. The maximum Gasteiger partial charge on any atom is 0.148 e. The maximum absolute atomic E-state index is 5.98. The summed E-state index contributed by atoms with van der Waals surface area (Å²) in [6, 6.07) is 0. The summed E-state index contributed by atoms with van der Waals surface area (Å²) in [5.74, 6) is 0.911. The van der Waals surface area contributed by atoms with Crippen molar-refractivity contribution in [3.63, 3.8) is 0 Å². The van der Waals surface area contributed by atoms with Crippen LogP contribution in [0.4, 0.5) is 11.5 Å². The molecule has 0 aliphatic rings. The molecule has 0 aliphatic heterocycles. The number of rotatable bonds is 2. The highest BCUT2D eigenvalue weighted by molar-refractivity contribution is 5.65. The smallest absolute Gasteiger partial charge is 0.148 e. The zero-order chi connectivity index (χ0) is 10.9. The van der Waals surface area contributed by atoms with Crippen LogP contribution in [0.3, 0.4) is 0 Å². The Kier molecular flexibility index (Phi) is 2.73. The fourth-order valence-electron chi connectivity index (χ4n) is 1.36. The molecule has 3 N–H and O–H groups in total. The van der Waals surface area contributed by atoms with E-state index >= 15 is 0 Å². The van der Waals surface area contributed by atoms with Crippen LogP contribution in [0.25, 0.3) is 0 Å². The molecule has 0 aliphatic carbocycles. The van der Waals surface area contributed by atoms with Crippen molar-refractivity contribution in [2.24, 2.45) is 7.05 Å². The summed E-state index contributed by atoms with van der Waals surface area (Å²) in [5, 5.41) is 7.69. The van der Waals surface area contributed by atoms with Crippen LogP contribution in [0.1, 0.15) is 33.4 Å². The maximum atomic E-state index is 5.98. The van der Waals surface area contributed by atoms with Crippen molar-refractivity contribution in [3.05, 3.63) is 5.69 Å². The first-order valence-corrected chi connectivity index (χ1v) is 4.94. The minimum Gasteiger partial charge on any atom is -0.394 e. The monoisotopic (exact) mass is 196 g/mol. The minimum atomic E-state index is 0.00687. The first kappa shape index (κ1) is 10.9. The quantitative estimate of drug-likeness (QED) is 0.758. The van der Waals surface area contributed by atoms with Gasteiger partial charge in [0.15, 0.2) is 0 Å². The first-order chi connectivity index (χ1) is 6.35. The SMILES string of the molecule is CCc1nn(C)c(NC(C)(C)C)c1N. The molecule has 0 fully saturated rings. The molecule has 1 aromatic heterocycles. The molecule has 0 amide bonds. The van der Waals surface area contributed by atoms with E-state index < -0.39 is 0 Å². The fourth-order valence-corrected chi connectivity index (χ4v) is 1.36. The summed E-state index contributed by atoms with van der Waals surface area (Å²) in [4.78, 5) is 0. The standard InChI is InChI=1S/C10H20N4/c1-6-7-8(11)9(14(5)13-7)12-10(2,3)4/h12H,6,11H2,1-5H3. The number of hydrogen-bond acceptors (Lipinski definition) is 3. The van der Waals surface area contributed by atoms with E-state index in [4.69, 9.17) is 5.73 Å². The van der Waals surface area contributed by atoms with Gasteiger partial charge >= 0.3 is 0 Å². The van der Waals surface area contributed by atoms with Gasteiger partial charge in [0.05, 0.1) is 11.4 Å². The number of nitrogens with two attached hydrogens (primary N) is 1. The molecule has 4 nitrogen and oxygen atoms in total. The summed E-state index contributed by atoms with van der Waals surface area (Å²) in [7, 11) is 1.91. The highest BCUT2D eigenvalue weighted by Gasteiger charge is 2.17. The zero-order valence-electron chi connectivity index (χ0n) is 9.68. The second-order valence-corrected chi connectivity index (χ2v) is 4.56. The lowest BCUT2D eigenvalue weighted by Crippen LogP contribution is -2.27. The van der Waals surface area contributed by atoms with E-state index in [2.05, 4.69) is 38.1 Å². The summed E-state index contributed by atoms with van der Waals surface area (Å²) in [6.45, 7) is 8.36. The third-order valence-electron chi connectivity index (χ3n) is 1.99. The van der Waals surface area contributed by atoms with Crippen molar-refractivity contribution in [2.75, 3.05) is 11.1 Å². The third-order valence-corrected chi connectivity index (χ3v) is 1.99. The highest BCUT2D eigenvalue weighted by atomic mass is 15.3. The lowest BCUT2D eigenvalue weighted by molar-refractivity contribution is 0.616. The number of hydrogen-bond donors (Lipinski definition) is 2. The van der Waals surface area contributed by atoms with Gasteiger partial charge in [0.25, 0.3) is 0 Å². The summed E-state index contributed by atoms with van der Waals surface area (Å²) < 4.78 is 1.80. The molecular formula is C10H20N4. The van der Waals surface area contributed by atoms with Crippen molar-refractivity contribution >= 4 is 11.5 Å². The van der Waals surface area contributed by atoms with Gasteiger partial charge < -0.3 is 11.1 Å². The third kappa shape index (κ3) is 2.19. The van der Waals surface area contributed by atoms with Crippen LogP contribution in [-0.4, -0.2) is 15.3 Å². The second-order valence-electron chi connectivity index (χ2n) is 4.56. The Morgan fingerprint density at radius 3 is 2.36 bits per heavy atom. The predicted molar refractivity (Wildman–Crippen MR) is 60.4 cm³/mol. The van der Waals surface area contributed by atoms with E-state index in [9.17, 15) is 0 Å². The number of nitrogens with zero attached hydrogens (tertiary/aromatic N) is 2. The topological polar surface area (TPSA) is 55.9 Å². The second kappa shape index (κ2) is 3.52. The Balaban J connectivity index is 3.03. The van der Waals surface area contributed by atoms with Crippen LogP contribution >= 0.6 is 0 Å². The minimum absolute atomic E-state index is 0.00687. The Morgan fingerprint density at radius 1 is 1.43 bits per heavy atom. The number of nitrogen functional groups attached to an aromatic ring is 1. The van der Waals surface area contributed by atoms with Gasteiger partial charge in [-0.3, -0.25) is 4.68 Å². The molecule has 0 atom stereocenters. The van der Waals surface area contributed by atoms with Crippen molar-refractivity contribution in [1.29, 1.82) is 0 Å². The molecule has 14 heavy (non-hydrogen) atoms. The summed E-state index contributed by atoms with van der Waals surface area (Å²) in [6.07, 6.45) is 0.867. The van der Waals surface area contributed by atoms with Gasteiger partial charge in [-0.15, -0.1) is 0 Å². The summed E-state index contributed by atoms with van der Waals surface area (Å²) in [5.41, 5.74) is 7.71. The molecule has 0 saturated heterocycles. The normalized spacial score (nSPS) is 11.8. The molecule has 1 heterocycles. The first-order valence-electron chi connectivity index (χ1n) is 4.94. The van der Waals surface area contributed by atoms with Gasteiger partial charge in [-0.25, -0.2) is 0 Å². The fraction of sp³-hybridized carbons (Fsp3) is 0.700. The average molecular weight is 196 g/mol. The lowest BCUT2D eigenvalue weighted by atomic mass is 10.1. The molecule has 0 spiro atoms. The Labute approximate surface area is 85.5 Å². The highest BCUT2D eigenvalue weighted by Crippen LogP contribution is 2.25. The molecule has 0 unspecified atom stereocenters. The lowest BCUT2D eigenvalue weighted by Gasteiger charge is -2.22. The van der Waals surface area contributed by atoms with Crippen LogP contribution in [0.2, 0.25) is 0 Å². The molecule has 80 valence electrons. The number of aromatic nitrogens is 2. The van der Waals surface area contributed by atoms with E-state index in [-0.39, 0.29) is 5.54 Å². The Bertz CT molecular complexity index is 320. The van der Waals surface area contributed by atoms with E-state index in [0.717, 1.165) is 23.6 Å². The zero-order valence-corrected chi connectivity index (χ0v) is 9.68. The molecule has 1 aromatic rings. The van der Waals surface area contributed by atoms with Gasteiger partial charge in [0.1, 0.15) is 5.82 Å². The molecule has 0 saturated carbocycles. The number of aryl methyl sites for hydroxylation is 2. The molecule has 1 rings (SSSR count). The van der Waals surface area contributed by atoms with Gasteiger partial charge in [-0.1, -0.05) is 6.92 Å². The number of nitrogens with one attached hydrogen (secondary N) is 1. The largest absolute Gasteiger partial charge is 0.394 e. The van der Waals surface area contributed by atoms with Crippen molar-refractivity contribution in [3.8, 4) is 0 Å². The molecule has 0 aromatic carbocycles.